The Hall–Kier alpha value is -1.60. The van der Waals surface area contributed by atoms with Crippen LogP contribution in [0.1, 0.15) is 10.5 Å². The monoisotopic (exact) mass is 370 g/mol. The third-order valence-corrected chi connectivity index (χ3v) is 4.05. The zero-order valence-corrected chi connectivity index (χ0v) is 14.7. The number of piperazine rings is 1. The van der Waals surface area contributed by atoms with Crippen molar-refractivity contribution in [1.82, 2.24) is 20.7 Å². The minimum absolute atomic E-state index is 0. The van der Waals surface area contributed by atoms with E-state index in [1.54, 1.807) is 18.2 Å². The van der Waals surface area contributed by atoms with Gasteiger partial charge in [-0.05, 0) is 24.3 Å². The summed E-state index contributed by atoms with van der Waals surface area (Å²) in [4.78, 5) is 14.4. The van der Waals surface area contributed by atoms with E-state index < -0.39 is 0 Å². The van der Waals surface area contributed by atoms with Gasteiger partial charge in [-0.15, -0.1) is 12.4 Å². The Morgan fingerprint density at radius 1 is 1.29 bits per heavy atom. The second-order valence-electron chi connectivity index (χ2n) is 5.43. The first-order valence-electron chi connectivity index (χ1n) is 7.66. The topological polar surface area (TPSA) is 70.4 Å². The third-order valence-electron chi connectivity index (χ3n) is 3.79. The largest absolute Gasteiger partial charge is 0.355 e. The third kappa shape index (κ3) is 4.95. The summed E-state index contributed by atoms with van der Waals surface area (Å²) in [6, 6.07) is 8.84. The van der Waals surface area contributed by atoms with E-state index in [-0.39, 0.29) is 24.0 Å². The van der Waals surface area contributed by atoms with Crippen LogP contribution < -0.4 is 10.6 Å². The van der Waals surface area contributed by atoms with Gasteiger partial charge in [0.05, 0.1) is 0 Å². The molecular formula is C16H20Cl2N4O2. The van der Waals surface area contributed by atoms with Crippen LogP contribution in [0.25, 0.3) is 11.3 Å². The molecule has 2 N–H and O–H groups in total. The highest BCUT2D eigenvalue weighted by molar-refractivity contribution is 6.30. The fourth-order valence-electron chi connectivity index (χ4n) is 2.49. The Morgan fingerprint density at radius 3 is 2.71 bits per heavy atom. The number of nitrogens with zero attached hydrogens (tertiary/aromatic N) is 2. The molecule has 1 amide bonds. The molecule has 2 heterocycles. The maximum Gasteiger partial charge on any atom is 0.273 e. The first-order chi connectivity index (χ1) is 11.2. The Balaban J connectivity index is 0.00000208. The number of amides is 1. The quantitative estimate of drug-likeness (QED) is 0.842. The van der Waals surface area contributed by atoms with Crippen molar-refractivity contribution in [3.05, 3.63) is 41.0 Å². The van der Waals surface area contributed by atoms with Crippen molar-refractivity contribution in [2.75, 3.05) is 39.3 Å². The number of nitrogens with one attached hydrogen (secondary N) is 2. The lowest BCUT2D eigenvalue weighted by molar-refractivity contribution is 0.0938. The number of halogens is 2. The van der Waals surface area contributed by atoms with E-state index in [2.05, 4.69) is 20.7 Å². The minimum atomic E-state index is -0.218. The van der Waals surface area contributed by atoms with Gasteiger partial charge in [0.15, 0.2) is 11.5 Å². The molecule has 130 valence electrons. The van der Waals surface area contributed by atoms with Crippen molar-refractivity contribution in [2.45, 2.75) is 0 Å². The molecule has 2 aromatic rings. The number of benzene rings is 1. The van der Waals surface area contributed by atoms with Crippen LogP contribution in [0.15, 0.2) is 34.9 Å². The molecule has 24 heavy (non-hydrogen) atoms. The van der Waals surface area contributed by atoms with Gasteiger partial charge in [0.2, 0.25) is 0 Å². The molecule has 8 heteroatoms. The van der Waals surface area contributed by atoms with Gasteiger partial charge in [0, 0.05) is 55.9 Å². The molecule has 1 aromatic heterocycles. The highest BCUT2D eigenvalue weighted by Crippen LogP contribution is 2.22. The second-order valence-corrected chi connectivity index (χ2v) is 5.87. The van der Waals surface area contributed by atoms with E-state index in [1.165, 1.54) is 0 Å². The lowest BCUT2D eigenvalue weighted by Gasteiger charge is -2.26. The van der Waals surface area contributed by atoms with E-state index in [4.69, 9.17) is 16.1 Å². The number of hydrogen-bond acceptors (Lipinski definition) is 5. The molecule has 0 spiro atoms. The van der Waals surface area contributed by atoms with Crippen LogP contribution in [0.4, 0.5) is 0 Å². The molecule has 0 saturated carbocycles. The second kappa shape index (κ2) is 9.03. The van der Waals surface area contributed by atoms with Crippen molar-refractivity contribution in [3.8, 4) is 11.3 Å². The van der Waals surface area contributed by atoms with Gasteiger partial charge >= 0.3 is 0 Å². The van der Waals surface area contributed by atoms with Gasteiger partial charge in [0.1, 0.15) is 0 Å². The Labute approximate surface area is 151 Å². The van der Waals surface area contributed by atoms with E-state index in [9.17, 15) is 4.79 Å². The summed E-state index contributed by atoms with van der Waals surface area (Å²) in [5.74, 6) is 0.331. The Kier molecular flexibility index (Phi) is 7.05. The van der Waals surface area contributed by atoms with E-state index in [0.29, 0.717) is 17.3 Å². The summed E-state index contributed by atoms with van der Waals surface area (Å²) in [6.45, 7) is 5.47. The predicted octanol–water partition coefficient (Wildman–Crippen LogP) is 2.05. The summed E-state index contributed by atoms with van der Waals surface area (Å²) in [7, 11) is 0. The lowest BCUT2D eigenvalue weighted by Crippen LogP contribution is -2.46. The predicted molar refractivity (Wildman–Crippen MR) is 95.8 cm³/mol. The first-order valence-corrected chi connectivity index (χ1v) is 8.04. The summed E-state index contributed by atoms with van der Waals surface area (Å²) in [5.41, 5.74) is 1.12. The molecule has 1 aromatic carbocycles. The Bertz CT molecular complexity index is 654. The highest BCUT2D eigenvalue weighted by atomic mass is 35.5. The average molecular weight is 371 g/mol. The van der Waals surface area contributed by atoms with E-state index in [1.807, 2.05) is 12.1 Å². The summed E-state index contributed by atoms with van der Waals surface area (Å²) >= 11 is 5.86. The molecule has 0 aliphatic carbocycles. The standard InChI is InChI=1S/C16H19ClN4O2.ClH/c17-13-3-1-12(2-4-13)15-11-14(20-23-15)16(22)19-7-10-21-8-5-18-6-9-21;/h1-4,11,18H,5-10H2,(H,19,22);1H. The van der Waals surface area contributed by atoms with Crippen molar-refractivity contribution in [1.29, 1.82) is 0 Å². The van der Waals surface area contributed by atoms with Crippen LogP contribution in [0.5, 0.6) is 0 Å². The smallest absolute Gasteiger partial charge is 0.273 e. The van der Waals surface area contributed by atoms with Gasteiger partial charge in [-0.1, -0.05) is 16.8 Å². The van der Waals surface area contributed by atoms with Crippen molar-refractivity contribution in [3.63, 3.8) is 0 Å². The molecule has 1 fully saturated rings. The molecule has 0 bridgehead atoms. The molecule has 1 aliphatic rings. The number of hydrogen-bond donors (Lipinski definition) is 2. The number of carbonyl (C=O) groups is 1. The number of rotatable bonds is 5. The summed E-state index contributed by atoms with van der Waals surface area (Å²) in [5, 5.41) is 10.7. The average Bonchev–Trinajstić information content (AvgIpc) is 3.06. The van der Waals surface area contributed by atoms with Gasteiger partial charge in [-0.3, -0.25) is 9.69 Å². The molecular weight excluding hydrogens is 351 g/mol. The molecule has 0 unspecified atom stereocenters. The zero-order chi connectivity index (χ0) is 16.1. The Morgan fingerprint density at radius 2 is 2.00 bits per heavy atom. The lowest BCUT2D eigenvalue weighted by atomic mass is 10.1. The number of aromatic nitrogens is 1. The maximum absolute atomic E-state index is 12.1. The number of carbonyl (C=O) groups excluding carboxylic acids is 1. The molecule has 0 atom stereocenters. The van der Waals surface area contributed by atoms with Gasteiger partial charge in [-0.25, -0.2) is 0 Å². The van der Waals surface area contributed by atoms with Gasteiger partial charge < -0.3 is 15.2 Å². The molecule has 1 saturated heterocycles. The van der Waals surface area contributed by atoms with Crippen LogP contribution in [0.2, 0.25) is 5.02 Å². The fourth-order valence-corrected chi connectivity index (χ4v) is 2.61. The molecule has 3 rings (SSSR count). The van der Waals surface area contributed by atoms with E-state index >= 15 is 0 Å². The van der Waals surface area contributed by atoms with Crippen LogP contribution in [0, 0.1) is 0 Å². The van der Waals surface area contributed by atoms with Gasteiger partial charge in [-0.2, -0.15) is 0 Å². The zero-order valence-electron chi connectivity index (χ0n) is 13.1. The van der Waals surface area contributed by atoms with Crippen LogP contribution in [-0.4, -0.2) is 55.2 Å². The maximum atomic E-state index is 12.1. The molecule has 0 radical (unpaired) electrons. The van der Waals surface area contributed by atoms with E-state index in [0.717, 1.165) is 38.3 Å². The minimum Gasteiger partial charge on any atom is -0.355 e. The first kappa shape index (κ1) is 18.7. The fraction of sp³-hybridized carbons (Fsp3) is 0.375. The normalized spacial score (nSPS) is 14.9. The summed E-state index contributed by atoms with van der Waals surface area (Å²) in [6.07, 6.45) is 0. The van der Waals surface area contributed by atoms with Gasteiger partial charge in [0.25, 0.3) is 5.91 Å². The van der Waals surface area contributed by atoms with Crippen molar-refractivity contribution < 1.29 is 9.32 Å². The summed E-state index contributed by atoms with van der Waals surface area (Å²) < 4.78 is 5.24. The van der Waals surface area contributed by atoms with Crippen LogP contribution in [0.3, 0.4) is 0 Å². The van der Waals surface area contributed by atoms with Crippen LogP contribution in [-0.2, 0) is 0 Å². The molecule has 1 aliphatic heterocycles. The van der Waals surface area contributed by atoms with Crippen LogP contribution >= 0.6 is 24.0 Å². The van der Waals surface area contributed by atoms with Crippen molar-refractivity contribution in [2.24, 2.45) is 0 Å². The SMILES string of the molecule is Cl.O=C(NCCN1CCNCC1)c1cc(-c2ccc(Cl)cc2)on1. The van der Waals surface area contributed by atoms with Crippen molar-refractivity contribution >= 4 is 29.9 Å². The highest BCUT2D eigenvalue weighted by Gasteiger charge is 2.14. The molecule has 6 nitrogen and oxygen atoms in total.